The van der Waals surface area contributed by atoms with Gasteiger partial charge in [0.1, 0.15) is 5.75 Å². The van der Waals surface area contributed by atoms with Crippen molar-refractivity contribution in [2.75, 3.05) is 4.90 Å². The van der Waals surface area contributed by atoms with Crippen LogP contribution in [0.15, 0.2) is 71.9 Å². The molecule has 1 amide bonds. The maximum Gasteiger partial charge on any atom is 0.263 e. The van der Waals surface area contributed by atoms with Gasteiger partial charge in [0.15, 0.2) is 0 Å². The number of aromatic hydroxyl groups is 1. The fourth-order valence-corrected chi connectivity index (χ4v) is 2.34. The molecule has 120 valence electrons. The number of carbonyl (C=O) groups is 1. The van der Waals surface area contributed by atoms with E-state index < -0.39 is 11.5 Å². The number of H-pyrrole nitrogens is 1. The first-order chi connectivity index (χ1) is 11.6. The highest BCUT2D eigenvalue weighted by Gasteiger charge is 2.21. The Morgan fingerprint density at radius 2 is 1.96 bits per heavy atom. The molecule has 0 saturated carbocycles. The molecule has 2 N–H and O–H groups in total. The highest BCUT2D eigenvalue weighted by atomic mass is 16.3. The van der Waals surface area contributed by atoms with E-state index in [0.29, 0.717) is 12.2 Å². The molecular weight excluding hydrogens is 306 g/mol. The second-order valence-corrected chi connectivity index (χ2v) is 5.18. The predicted molar refractivity (Wildman–Crippen MR) is 89.9 cm³/mol. The summed E-state index contributed by atoms with van der Waals surface area (Å²) in [7, 11) is 0. The fraction of sp³-hybridized carbons (Fsp3) is 0.0556. The summed E-state index contributed by atoms with van der Waals surface area (Å²) < 4.78 is 0. The summed E-state index contributed by atoms with van der Waals surface area (Å²) in [6.45, 7) is 0.309. The van der Waals surface area contributed by atoms with Gasteiger partial charge >= 0.3 is 0 Å². The predicted octanol–water partition coefficient (Wildman–Crippen LogP) is 2.32. The Morgan fingerprint density at radius 3 is 2.62 bits per heavy atom. The van der Waals surface area contributed by atoms with E-state index in [1.807, 2.05) is 30.3 Å². The molecular formula is C18H15N3O3. The Bertz CT molecular complexity index is 892. The Hall–Kier alpha value is -3.41. The van der Waals surface area contributed by atoms with Crippen LogP contribution in [-0.4, -0.2) is 21.0 Å². The van der Waals surface area contributed by atoms with Gasteiger partial charge in [0.2, 0.25) is 0 Å². The van der Waals surface area contributed by atoms with Crippen LogP contribution >= 0.6 is 0 Å². The Balaban J connectivity index is 2.00. The topological polar surface area (TPSA) is 86.3 Å². The number of aromatic amines is 1. The van der Waals surface area contributed by atoms with Crippen molar-refractivity contribution in [1.82, 2.24) is 9.97 Å². The van der Waals surface area contributed by atoms with Crippen LogP contribution in [-0.2, 0) is 6.54 Å². The molecule has 0 bridgehead atoms. The summed E-state index contributed by atoms with van der Waals surface area (Å²) in [6.07, 6.45) is 4.41. The van der Waals surface area contributed by atoms with Crippen LogP contribution in [0.5, 0.6) is 5.75 Å². The SMILES string of the molecule is O=C(c1c[nH]c(=O)cc1O)N(Cc1ccccc1)c1cccnc1. The first kappa shape index (κ1) is 15.5. The molecule has 6 heteroatoms. The zero-order valence-electron chi connectivity index (χ0n) is 12.7. The summed E-state index contributed by atoms with van der Waals surface area (Å²) >= 11 is 0. The average Bonchev–Trinajstić information content (AvgIpc) is 2.61. The van der Waals surface area contributed by atoms with Crippen LogP contribution in [0.25, 0.3) is 0 Å². The number of anilines is 1. The van der Waals surface area contributed by atoms with Crippen LogP contribution in [0.1, 0.15) is 15.9 Å². The van der Waals surface area contributed by atoms with Crippen molar-refractivity contribution in [2.24, 2.45) is 0 Å². The van der Waals surface area contributed by atoms with E-state index in [1.54, 1.807) is 24.5 Å². The van der Waals surface area contributed by atoms with Gasteiger partial charge in [0.05, 0.1) is 24.0 Å². The van der Waals surface area contributed by atoms with Crippen molar-refractivity contribution in [3.8, 4) is 5.75 Å². The van der Waals surface area contributed by atoms with Gasteiger partial charge in [-0.15, -0.1) is 0 Å². The quantitative estimate of drug-likeness (QED) is 0.772. The lowest BCUT2D eigenvalue weighted by atomic mass is 10.1. The summed E-state index contributed by atoms with van der Waals surface area (Å²) in [5, 5.41) is 9.94. The molecule has 0 atom stereocenters. The highest BCUT2D eigenvalue weighted by Crippen LogP contribution is 2.22. The van der Waals surface area contributed by atoms with E-state index in [-0.39, 0.29) is 11.3 Å². The number of rotatable bonds is 4. The summed E-state index contributed by atoms with van der Waals surface area (Å²) in [5.74, 6) is -0.786. The van der Waals surface area contributed by atoms with Crippen LogP contribution in [0.2, 0.25) is 0 Å². The van der Waals surface area contributed by atoms with Gasteiger partial charge in [-0.3, -0.25) is 14.6 Å². The van der Waals surface area contributed by atoms with Crippen LogP contribution in [0, 0.1) is 0 Å². The summed E-state index contributed by atoms with van der Waals surface area (Å²) in [5.41, 5.74) is 1.07. The molecule has 1 aromatic carbocycles. The van der Waals surface area contributed by atoms with E-state index in [2.05, 4.69) is 9.97 Å². The van der Waals surface area contributed by atoms with Crippen molar-refractivity contribution < 1.29 is 9.90 Å². The molecule has 3 aromatic rings. The summed E-state index contributed by atoms with van der Waals surface area (Å²) in [4.78, 5) is 32.1. The number of hydrogen-bond acceptors (Lipinski definition) is 4. The van der Waals surface area contributed by atoms with E-state index in [9.17, 15) is 14.7 Å². The van der Waals surface area contributed by atoms with E-state index in [0.717, 1.165) is 11.6 Å². The molecule has 0 radical (unpaired) electrons. The molecule has 2 heterocycles. The number of carbonyl (C=O) groups excluding carboxylic acids is 1. The Labute approximate surface area is 138 Å². The van der Waals surface area contributed by atoms with Crippen molar-refractivity contribution in [3.63, 3.8) is 0 Å². The molecule has 6 nitrogen and oxygen atoms in total. The van der Waals surface area contributed by atoms with E-state index >= 15 is 0 Å². The minimum Gasteiger partial charge on any atom is -0.507 e. The number of aromatic nitrogens is 2. The zero-order valence-corrected chi connectivity index (χ0v) is 12.7. The highest BCUT2D eigenvalue weighted by molar-refractivity contribution is 6.07. The number of nitrogens with one attached hydrogen (secondary N) is 1. The van der Waals surface area contributed by atoms with Crippen LogP contribution in [0.3, 0.4) is 0 Å². The smallest absolute Gasteiger partial charge is 0.263 e. The average molecular weight is 321 g/mol. The van der Waals surface area contributed by atoms with Gasteiger partial charge in [-0.2, -0.15) is 0 Å². The van der Waals surface area contributed by atoms with Crippen molar-refractivity contribution >= 4 is 11.6 Å². The van der Waals surface area contributed by atoms with E-state index in [4.69, 9.17) is 0 Å². The third-order valence-electron chi connectivity index (χ3n) is 3.52. The molecule has 0 saturated heterocycles. The van der Waals surface area contributed by atoms with Crippen LogP contribution in [0.4, 0.5) is 5.69 Å². The number of nitrogens with zero attached hydrogens (tertiary/aromatic N) is 2. The van der Waals surface area contributed by atoms with Gasteiger partial charge in [-0.05, 0) is 17.7 Å². The fourth-order valence-electron chi connectivity index (χ4n) is 2.34. The first-order valence-corrected chi connectivity index (χ1v) is 7.32. The molecule has 0 fully saturated rings. The van der Waals surface area contributed by atoms with E-state index in [1.165, 1.54) is 11.1 Å². The molecule has 0 aliphatic rings. The molecule has 3 rings (SSSR count). The molecule has 0 unspecified atom stereocenters. The van der Waals surface area contributed by atoms with Gasteiger partial charge in [0, 0.05) is 18.5 Å². The molecule has 0 aliphatic carbocycles. The van der Waals surface area contributed by atoms with Gasteiger partial charge in [0.25, 0.3) is 11.5 Å². The van der Waals surface area contributed by atoms with Gasteiger partial charge in [-0.1, -0.05) is 30.3 Å². The summed E-state index contributed by atoms with van der Waals surface area (Å²) in [6, 6.07) is 14.0. The molecule has 24 heavy (non-hydrogen) atoms. The molecule has 2 aromatic heterocycles. The largest absolute Gasteiger partial charge is 0.507 e. The van der Waals surface area contributed by atoms with Gasteiger partial charge in [-0.25, -0.2) is 0 Å². The van der Waals surface area contributed by atoms with Gasteiger partial charge < -0.3 is 15.0 Å². The minimum atomic E-state index is -0.472. The van der Waals surface area contributed by atoms with Crippen LogP contribution < -0.4 is 10.5 Å². The number of hydrogen-bond donors (Lipinski definition) is 2. The van der Waals surface area contributed by atoms with Crippen molar-refractivity contribution in [2.45, 2.75) is 6.54 Å². The maximum atomic E-state index is 12.9. The lowest BCUT2D eigenvalue weighted by Crippen LogP contribution is -2.31. The third kappa shape index (κ3) is 3.33. The van der Waals surface area contributed by atoms with Crippen molar-refractivity contribution in [3.05, 3.63) is 88.6 Å². The lowest BCUT2D eigenvalue weighted by Gasteiger charge is -2.23. The molecule has 0 spiro atoms. The van der Waals surface area contributed by atoms with Crippen molar-refractivity contribution in [1.29, 1.82) is 0 Å². The third-order valence-corrected chi connectivity index (χ3v) is 3.52. The number of amides is 1. The second kappa shape index (κ2) is 6.78. The Kier molecular flexibility index (Phi) is 4.38. The zero-order chi connectivity index (χ0) is 16.9. The second-order valence-electron chi connectivity index (χ2n) is 5.18. The Morgan fingerprint density at radius 1 is 1.17 bits per heavy atom. The number of benzene rings is 1. The maximum absolute atomic E-state index is 12.9. The standard InChI is InChI=1S/C18H15N3O3/c22-16-9-17(23)20-11-15(16)18(24)21(14-7-4-8-19-10-14)12-13-5-2-1-3-6-13/h1-11H,12H2,(H2,20,22,23). The number of pyridine rings is 2. The lowest BCUT2D eigenvalue weighted by molar-refractivity contribution is 0.0982. The first-order valence-electron chi connectivity index (χ1n) is 7.32. The normalized spacial score (nSPS) is 10.3. The minimum absolute atomic E-state index is 0.0226. The molecule has 0 aliphatic heterocycles. The monoisotopic (exact) mass is 321 g/mol.